The topological polar surface area (TPSA) is 46.2 Å². The quantitative estimate of drug-likeness (QED) is 0.862. The molecule has 21 heavy (non-hydrogen) atoms. The van der Waals surface area contributed by atoms with E-state index < -0.39 is 10.0 Å². The Labute approximate surface area is 125 Å². The van der Waals surface area contributed by atoms with Crippen molar-refractivity contribution in [3.8, 4) is 0 Å². The Bertz CT molecular complexity index is 756. The smallest absolute Gasteiger partial charge is 0.207 e. The molecule has 0 spiro atoms. The molecule has 3 nitrogen and oxygen atoms in total. The minimum Gasteiger partial charge on any atom is -0.207 e. The second-order valence-corrected chi connectivity index (χ2v) is 6.43. The molecule has 2 aromatic carbocycles. The van der Waals surface area contributed by atoms with Gasteiger partial charge >= 0.3 is 0 Å². The summed E-state index contributed by atoms with van der Waals surface area (Å²) < 4.78 is 27.0. The summed E-state index contributed by atoms with van der Waals surface area (Å²) in [5.41, 5.74) is 5.43. The van der Waals surface area contributed by atoms with Gasteiger partial charge in [0.05, 0.1) is 4.90 Å². The number of aryl methyl sites for hydroxylation is 1. The van der Waals surface area contributed by atoms with Crippen molar-refractivity contribution in [1.82, 2.24) is 4.72 Å². The first kappa shape index (κ1) is 15.3. The highest BCUT2D eigenvalue weighted by atomic mass is 32.2. The third-order valence-corrected chi connectivity index (χ3v) is 4.52. The second kappa shape index (κ2) is 6.55. The molecule has 108 valence electrons. The van der Waals surface area contributed by atoms with Gasteiger partial charge < -0.3 is 0 Å². The molecule has 0 radical (unpaired) electrons. The van der Waals surface area contributed by atoms with Crippen LogP contribution in [0, 0.1) is 6.92 Å². The van der Waals surface area contributed by atoms with Crippen molar-refractivity contribution < 1.29 is 8.42 Å². The lowest BCUT2D eigenvalue weighted by Gasteiger charge is -2.09. The van der Waals surface area contributed by atoms with Gasteiger partial charge in [0.2, 0.25) is 10.0 Å². The Kier molecular flexibility index (Phi) is 4.76. The number of sulfonamides is 1. The summed E-state index contributed by atoms with van der Waals surface area (Å²) in [5, 5.41) is 0. The Morgan fingerprint density at radius 2 is 1.71 bits per heavy atom. The van der Waals surface area contributed by atoms with Gasteiger partial charge in [-0.2, -0.15) is 0 Å². The standard InChI is InChI=1S/C17H17NO2S/c1-3-15(16-7-5-4-6-8-16)13-18-21(19,20)17-11-9-14(2)10-12-17/h4-12,18H,1,13H2,2H3. The number of hydrogen-bond acceptors (Lipinski definition) is 2. The molecule has 0 aliphatic rings. The second-order valence-electron chi connectivity index (χ2n) is 4.66. The molecule has 0 fully saturated rings. The molecule has 0 atom stereocenters. The van der Waals surface area contributed by atoms with E-state index in [1.54, 1.807) is 24.3 Å². The van der Waals surface area contributed by atoms with Crippen LogP contribution in [0.15, 0.2) is 71.8 Å². The third-order valence-electron chi connectivity index (χ3n) is 3.11. The fourth-order valence-corrected chi connectivity index (χ4v) is 2.87. The lowest BCUT2D eigenvalue weighted by molar-refractivity contribution is 0.586. The summed E-state index contributed by atoms with van der Waals surface area (Å²) in [6, 6.07) is 16.2. The number of nitrogens with one attached hydrogen (secondary N) is 1. The van der Waals surface area contributed by atoms with E-state index in [4.69, 9.17) is 0 Å². The fraction of sp³-hybridized carbons (Fsp3) is 0.118. The van der Waals surface area contributed by atoms with Gasteiger partial charge in [-0.05, 0) is 24.6 Å². The van der Waals surface area contributed by atoms with Crippen molar-refractivity contribution in [3.05, 3.63) is 78.0 Å². The van der Waals surface area contributed by atoms with Crippen LogP contribution in [-0.2, 0) is 10.0 Å². The van der Waals surface area contributed by atoms with Crippen molar-refractivity contribution in [1.29, 1.82) is 0 Å². The predicted molar refractivity (Wildman–Crippen MR) is 85.4 cm³/mol. The molecular formula is C17H17NO2S. The third kappa shape index (κ3) is 3.92. The first-order valence-corrected chi connectivity index (χ1v) is 8.02. The van der Waals surface area contributed by atoms with E-state index in [0.717, 1.165) is 11.1 Å². The molecule has 0 saturated heterocycles. The number of rotatable bonds is 5. The lowest BCUT2D eigenvalue weighted by atomic mass is 10.1. The van der Waals surface area contributed by atoms with Crippen LogP contribution in [0.5, 0.6) is 0 Å². The summed E-state index contributed by atoms with van der Waals surface area (Å²) in [6.07, 6.45) is 0. The van der Waals surface area contributed by atoms with Crippen molar-refractivity contribution in [3.63, 3.8) is 0 Å². The van der Waals surface area contributed by atoms with Crippen LogP contribution >= 0.6 is 0 Å². The molecular weight excluding hydrogens is 282 g/mol. The van der Waals surface area contributed by atoms with E-state index in [9.17, 15) is 8.42 Å². The Morgan fingerprint density at radius 3 is 2.29 bits per heavy atom. The van der Waals surface area contributed by atoms with Crippen LogP contribution in [0.4, 0.5) is 0 Å². The van der Waals surface area contributed by atoms with Crippen LogP contribution < -0.4 is 4.72 Å². The molecule has 0 saturated carbocycles. The SMILES string of the molecule is C=C=C(CNS(=O)(=O)c1ccc(C)cc1)c1ccccc1. The average Bonchev–Trinajstić information content (AvgIpc) is 2.49. The van der Waals surface area contributed by atoms with Crippen LogP contribution in [0.2, 0.25) is 0 Å². The highest BCUT2D eigenvalue weighted by molar-refractivity contribution is 7.89. The zero-order valence-corrected chi connectivity index (χ0v) is 12.7. The normalized spacial score (nSPS) is 10.9. The average molecular weight is 299 g/mol. The summed E-state index contributed by atoms with van der Waals surface area (Å²) in [4.78, 5) is 0.254. The molecule has 1 N–H and O–H groups in total. The van der Waals surface area contributed by atoms with Gasteiger partial charge in [-0.1, -0.05) is 54.6 Å². The van der Waals surface area contributed by atoms with Gasteiger partial charge in [0, 0.05) is 12.1 Å². The maximum absolute atomic E-state index is 12.2. The lowest BCUT2D eigenvalue weighted by Crippen LogP contribution is -2.25. The van der Waals surface area contributed by atoms with E-state index in [-0.39, 0.29) is 11.4 Å². The van der Waals surface area contributed by atoms with Gasteiger partial charge in [0.1, 0.15) is 0 Å². The zero-order valence-electron chi connectivity index (χ0n) is 11.8. The van der Waals surface area contributed by atoms with E-state index >= 15 is 0 Å². The molecule has 0 amide bonds. The zero-order chi connectivity index (χ0) is 15.3. The first-order valence-electron chi connectivity index (χ1n) is 6.53. The summed E-state index contributed by atoms with van der Waals surface area (Å²) in [7, 11) is -3.53. The number of hydrogen-bond donors (Lipinski definition) is 1. The van der Waals surface area contributed by atoms with Crippen molar-refractivity contribution in [2.45, 2.75) is 11.8 Å². The minimum atomic E-state index is -3.53. The van der Waals surface area contributed by atoms with E-state index in [0.29, 0.717) is 5.57 Å². The fourth-order valence-electron chi connectivity index (χ4n) is 1.87. The van der Waals surface area contributed by atoms with Gasteiger partial charge in [-0.3, -0.25) is 0 Å². The van der Waals surface area contributed by atoms with Gasteiger partial charge in [-0.25, -0.2) is 13.1 Å². The van der Waals surface area contributed by atoms with Gasteiger partial charge in [0.15, 0.2) is 0 Å². The molecule has 0 bridgehead atoms. The summed E-state index contributed by atoms with van der Waals surface area (Å²) in [5.74, 6) is 0. The van der Waals surface area contributed by atoms with Crippen LogP contribution in [0.3, 0.4) is 0 Å². The Balaban J connectivity index is 2.15. The molecule has 4 heteroatoms. The Morgan fingerprint density at radius 1 is 1.10 bits per heavy atom. The van der Waals surface area contributed by atoms with Gasteiger partial charge in [-0.15, -0.1) is 5.73 Å². The van der Waals surface area contributed by atoms with E-state index in [1.165, 1.54) is 0 Å². The monoisotopic (exact) mass is 299 g/mol. The van der Waals surface area contributed by atoms with Crippen LogP contribution in [0.25, 0.3) is 5.57 Å². The molecule has 2 aromatic rings. The van der Waals surface area contributed by atoms with Crippen molar-refractivity contribution in [2.24, 2.45) is 0 Å². The van der Waals surface area contributed by atoms with Crippen molar-refractivity contribution in [2.75, 3.05) is 6.54 Å². The summed E-state index contributed by atoms with van der Waals surface area (Å²) in [6.45, 7) is 5.70. The van der Waals surface area contributed by atoms with Crippen molar-refractivity contribution >= 4 is 15.6 Å². The molecule has 0 aromatic heterocycles. The van der Waals surface area contributed by atoms with E-state index in [1.807, 2.05) is 37.3 Å². The molecule has 0 unspecified atom stereocenters. The van der Waals surface area contributed by atoms with Gasteiger partial charge in [0.25, 0.3) is 0 Å². The molecule has 0 heterocycles. The van der Waals surface area contributed by atoms with Crippen LogP contribution in [0.1, 0.15) is 11.1 Å². The first-order chi connectivity index (χ1) is 10.0. The maximum Gasteiger partial charge on any atom is 0.240 e. The van der Waals surface area contributed by atoms with E-state index in [2.05, 4.69) is 17.0 Å². The predicted octanol–water partition coefficient (Wildman–Crippen LogP) is 3.14. The number of benzene rings is 2. The largest absolute Gasteiger partial charge is 0.240 e. The van der Waals surface area contributed by atoms with Crippen LogP contribution in [-0.4, -0.2) is 15.0 Å². The molecule has 0 aliphatic carbocycles. The Hall–Kier alpha value is -2.13. The maximum atomic E-state index is 12.2. The molecule has 2 rings (SSSR count). The highest BCUT2D eigenvalue weighted by Gasteiger charge is 2.14. The molecule has 0 aliphatic heterocycles. The minimum absolute atomic E-state index is 0.156. The summed E-state index contributed by atoms with van der Waals surface area (Å²) >= 11 is 0. The highest BCUT2D eigenvalue weighted by Crippen LogP contribution is 2.14.